The molecule has 2 atom stereocenters. The van der Waals surface area contributed by atoms with Gasteiger partial charge in [-0.15, -0.1) is 0 Å². The highest BCUT2D eigenvalue weighted by Gasteiger charge is 2.28. The van der Waals surface area contributed by atoms with Crippen molar-refractivity contribution in [3.63, 3.8) is 0 Å². The SMILES string of the molecule is CC1CCCC(CO)N1CC(=O)Nc1ccc(Cl)cc1Cl. The molecule has 2 unspecified atom stereocenters. The van der Waals surface area contributed by atoms with Gasteiger partial charge in [-0.3, -0.25) is 9.69 Å². The van der Waals surface area contributed by atoms with E-state index in [0.717, 1.165) is 19.3 Å². The molecular formula is C15H20Cl2N2O2. The summed E-state index contributed by atoms with van der Waals surface area (Å²) >= 11 is 11.9. The van der Waals surface area contributed by atoms with Gasteiger partial charge in [0.05, 0.1) is 23.9 Å². The predicted octanol–water partition coefficient (Wildman–Crippen LogP) is 3.17. The number of carbonyl (C=O) groups excluding carboxylic acids is 1. The highest BCUT2D eigenvalue weighted by molar-refractivity contribution is 6.36. The predicted molar refractivity (Wildman–Crippen MR) is 86.0 cm³/mol. The molecule has 0 aromatic heterocycles. The number of aliphatic hydroxyl groups is 1. The molecule has 0 saturated carbocycles. The Hall–Kier alpha value is -0.810. The first kappa shape index (κ1) is 16.6. The molecule has 0 radical (unpaired) electrons. The lowest BCUT2D eigenvalue weighted by Crippen LogP contribution is -2.50. The maximum Gasteiger partial charge on any atom is 0.238 e. The third-order valence-corrected chi connectivity index (χ3v) is 4.48. The fourth-order valence-corrected chi connectivity index (χ4v) is 3.22. The molecule has 116 valence electrons. The molecule has 0 spiro atoms. The lowest BCUT2D eigenvalue weighted by molar-refractivity contribution is -0.119. The van der Waals surface area contributed by atoms with Gasteiger partial charge in [-0.2, -0.15) is 0 Å². The second-order valence-corrected chi connectivity index (χ2v) is 6.30. The standard InChI is InChI=1S/C15H20Cl2N2O2/c1-10-3-2-4-12(9-20)19(10)8-15(21)18-14-6-5-11(16)7-13(14)17/h5-7,10,12,20H,2-4,8-9H2,1H3,(H,18,21). The summed E-state index contributed by atoms with van der Waals surface area (Å²) in [5.74, 6) is -0.133. The van der Waals surface area contributed by atoms with Crippen LogP contribution in [0.4, 0.5) is 5.69 Å². The largest absolute Gasteiger partial charge is 0.395 e. The quantitative estimate of drug-likeness (QED) is 0.891. The minimum Gasteiger partial charge on any atom is -0.395 e. The number of likely N-dealkylation sites (tertiary alicyclic amines) is 1. The minimum absolute atomic E-state index is 0.0557. The second-order valence-electron chi connectivity index (χ2n) is 5.46. The average molecular weight is 331 g/mol. The van der Waals surface area contributed by atoms with E-state index < -0.39 is 0 Å². The van der Waals surface area contributed by atoms with Gasteiger partial charge in [0.1, 0.15) is 0 Å². The van der Waals surface area contributed by atoms with Crippen molar-refractivity contribution in [2.75, 3.05) is 18.5 Å². The topological polar surface area (TPSA) is 52.6 Å². The van der Waals surface area contributed by atoms with Crippen LogP contribution in [-0.4, -0.2) is 41.1 Å². The molecule has 1 fully saturated rings. The first-order valence-electron chi connectivity index (χ1n) is 7.12. The van der Waals surface area contributed by atoms with E-state index >= 15 is 0 Å². The van der Waals surface area contributed by atoms with Gasteiger partial charge in [-0.1, -0.05) is 29.6 Å². The number of carbonyl (C=O) groups is 1. The van der Waals surface area contributed by atoms with Crippen molar-refractivity contribution in [1.29, 1.82) is 0 Å². The Morgan fingerprint density at radius 2 is 2.19 bits per heavy atom. The summed E-state index contributed by atoms with van der Waals surface area (Å²) in [4.78, 5) is 14.3. The molecule has 1 amide bonds. The zero-order valence-corrected chi connectivity index (χ0v) is 13.5. The van der Waals surface area contributed by atoms with Crippen molar-refractivity contribution in [2.24, 2.45) is 0 Å². The second kappa shape index (κ2) is 7.45. The van der Waals surface area contributed by atoms with E-state index in [2.05, 4.69) is 17.1 Å². The third-order valence-electron chi connectivity index (χ3n) is 3.94. The molecule has 1 aromatic carbocycles. The van der Waals surface area contributed by atoms with Crippen LogP contribution in [0.2, 0.25) is 10.0 Å². The Labute approximate surface area is 135 Å². The molecular weight excluding hydrogens is 311 g/mol. The Bertz CT molecular complexity index is 510. The van der Waals surface area contributed by atoms with Crippen molar-refractivity contribution in [3.05, 3.63) is 28.2 Å². The number of hydrogen-bond donors (Lipinski definition) is 2. The monoisotopic (exact) mass is 330 g/mol. The third kappa shape index (κ3) is 4.33. The lowest BCUT2D eigenvalue weighted by atomic mass is 9.97. The van der Waals surface area contributed by atoms with Gasteiger partial charge >= 0.3 is 0 Å². The Morgan fingerprint density at radius 3 is 2.86 bits per heavy atom. The van der Waals surface area contributed by atoms with Gasteiger partial charge < -0.3 is 10.4 Å². The van der Waals surface area contributed by atoms with Gasteiger partial charge in [0, 0.05) is 17.1 Å². The van der Waals surface area contributed by atoms with Crippen LogP contribution >= 0.6 is 23.2 Å². The van der Waals surface area contributed by atoms with Crippen molar-refractivity contribution in [2.45, 2.75) is 38.3 Å². The zero-order valence-electron chi connectivity index (χ0n) is 12.0. The number of anilines is 1. The normalized spacial score (nSPS) is 23.0. The average Bonchev–Trinajstić information content (AvgIpc) is 2.44. The number of hydrogen-bond acceptors (Lipinski definition) is 3. The van der Waals surface area contributed by atoms with Crippen molar-refractivity contribution >= 4 is 34.8 Å². The molecule has 1 heterocycles. The molecule has 2 rings (SSSR count). The molecule has 21 heavy (non-hydrogen) atoms. The maximum absolute atomic E-state index is 12.2. The van der Waals surface area contributed by atoms with Crippen LogP contribution in [0.15, 0.2) is 18.2 Å². The fraction of sp³-hybridized carbons (Fsp3) is 0.533. The highest BCUT2D eigenvalue weighted by Crippen LogP contribution is 2.26. The zero-order chi connectivity index (χ0) is 15.4. The molecule has 0 bridgehead atoms. The number of nitrogens with zero attached hydrogens (tertiary/aromatic N) is 1. The highest BCUT2D eigenvalue weighted by atomic mass is 35.5. The molecule has 6 heteroatoms. The smallest absolute Gasteiger partial charge is 0.238 e. The number of nitrogens with one attached hydrogen (secondary N) is 1. The first-order valence-corrected chi connectivity index (χ1v) is 7.88. The van der Waals surface area contributed by atoms with E-state index in [1.54, 1.807) is 18.2 Å². The summed E-state index contributed by atoms with van der Waals surface area (Å²) in [6.07, 6.45) is 3.06. The van der Waals surface area contributed by atoms with E-state index in [9.17, 15) is 9.90 Å². The van der Waals surface area contributed by atoms with Gasteiger partial charge in [0.2, 0.25) is 5.91 Å². The van der Waals surface area contributed by atoms with Crippen molar-refractivity contribution in [1.82, 2.24) is 4.90 Å². The van der Waals surface area contributed by atoms with Crippen molar-refractivity contribution in [3.8, 4) is 0 Å². The van der Waals surface area contributed by atoms with E-state index in [1.165, 1.54) is 0 Å². The summed E-state index contributed by atoms with van der Waals surface area (Å²) in [6.45, 7) is 2.43. The summed E-state index contributed by atoms with van der Waals surface area (Å²) in [7, 11) is 0. The Morgan fingerprint density at radius 1 is 1.43 bits per heavy atom. The number of halogens is 2. The Kier molecular flexibility index (Phi) is 5.88. The minimum atomic E-state index is -0.133. The summed E-state index contributed by atoms with van der Waals surface area (Å²) < 4.78 is 0. The van der Waals surface area contributed by atoms with Gasteiger partial charge in [-0.05, 0) is 38.0 Å². The van der Waals surface area contributed by atoms with Crippen LogP contribution in [0, 0.1) is 0 Å². The van der Waals surface area contributed by atoms with Gasteiger partial charge in [0.15, 0.2) is 0 Å². The summed E-state index contributed by atoms with van der Waals surface area (Å²) in [6, 6.07) is 5.32. The molecule has 1 aromatic rings. The van der Waals surface area contributed by atoms with Crippen LogP contribution in [-0.2, 0) is 4.79 Å². The molecule has 1 aliphatic heterocycles. The van der Waals surface area contributed by atoms with Gasteiger partial charge in [0.25, 0.3) is 0 Å². The fourth-order valence-electron chi connectivity index (χ4n) is 2.77. The van der Waals surface area contributed by atoms with Crippen LogP contribution in [0.25, 0.3) is 0 Å². The van der Waals surface area contributed by atoms with E-state index in [1.807, 2.05) is 0 Å². The first-order chi connectivity index (χ1) is 10.0. The molecule has 2 N–H and O–H groups in total. The number of benzene rings is 1. The number of rotatable bonds is 4. The maximum atomic E-state index is 12.2. The molecule has 0 aliphatic carbocycles. The van der Waals surface area contributed by atoms with Gasteiger partial charge in [-0.25, -0.2) is 0 Å². The summed E-state index contributed by atoms with van der Waals surface area (Å²) in [5, 5.41) is 13.2. The van der Waals surface area contributed by atoms with Crippen LogP contribution in [0.1, 0.15) is 26.2 Å². The number of amides is 1. The van der Waals surface area contributed by atoms with E-state index in [-0.39, 0.29) is 25.1 Å². The van der Waals surface area contributed by atoms with Crippen LogP contribution in [0.5, 0.6) is 0 Å². The number of piperidine rings is 1. The molecule has 1 aliphatic rings. The lowest BCUT2D eigenvalue weighted by Gasteiger charge is -2.39. The molecule has 1 saturated heterocycles. The summed E-state index contributed by atoms with van der Waals surface area (Å²) in [5.41, 5.74) is 0.552. The van der Waals surface area contributed by atoms with Crippen LogP contribution < -0.4 is 5.32 Å². The van der Waals surface area contributed by atoms with Crippen molar-refractivity contribution < 1.29 is 9.90 Å². The Balaban J connectivity index is 2.00. The number of aliphatic hydroxyl groups excluding tert-OH is 1. The molecule has 4 nitrogen and oxygen atoms in total. The van der Waals surface area contributed by atoms with E-state index in [0.29, 0.717) is 21.8 Å². The van der Waals surface area contributed by atoms with E-state index in [4.69, 9.17) is 23.2 Å². The van der Waals surface area contributed by atoms with Crippen LogP contribution in [0.3, 0.4) is 0 Å².